The van der Waals surface area contributed by atoms with Crippen LogP contribution in [0.5, 0.6) is 0 Å². The van der Waals surface area contributed by atoms with E-state index in [0.717, 1.165) is 6.07 Å². The maximum Gasteiger partial charge on any atom is 0.295 e. The molecule has 0 fully saturated rings. The maximum atomic E-state index is 12.1. The fourth-order valence-corrected chi connectivity index (χ4v) is 4.39. The van der Waals surface area contributed by atoms with Gasteiger partial charge in [0.05, 0.1) is 11.9 Å². The zero-order valence-corrected chi connectivity index (χ0v) is 16.7. The molecule has 0 radical (unpaired) electrons. The average molecular weight is 449 g/mol. The van der Waals surface area contributed by atoms with Crippen LogP contribution in [0.1, 0.15) is 11.1 Å². The molecule has 156 valence electrons. The molecule has 0 unspecified atom stereocenters. The van der Waals surface area contributed by atoms with Gasteiger partial charge < -0.3 is 11.5 Å². The van der Waals surface area contributed by atoms with Gasteiger partial charge in [-0.3, -0.25) is 9.11 Å². The molecule has 0 bridgehead atoms. The first kappa shape index (κ1) is 21.3. The molecule has 0 aliphatic carbocycles. The highest BCUT2D eigenvalue weighted by atomic mass is 32.2. The fraction of sp³-hybridized carbons (Fsp3) is 0. The standard InChI is InChI=1S/C17H15N5O6S2/c18-12-5-3-10(15(9-12)29(23,24)25)1-2-11-4-6-13(19)16(17(11)30(26,27)28)14-7-8-20-22-21-14/h1-9H,18-19H2,(H,23,24,25)(H,26,27,28). The van der Waals surface area contributed by atoms with Crippen LogP contribution in [-0.4, -0.2) is 41.4 Å². The molecular weight excluding hydrogens is 434 g/mol. The number of hydrogen-bond donors (Lipinski definition) is 4. The molecule has 0 spiro atoms. The van der Waals surface area contributed by atoms with Crippen molar-refractivity contribution in [2.75, 3.05) is 11.5 Å². The van der Waals surface area contributed by atoms with Crippen molar-refractivity contribution in [1.29, 1.82) is 0 Å². The second-order valence-corrected chi connectivity index (χ2v) is 8.78. The number of anilines is 2. The van der Waals surface area contributed by atoms with Gasteiger partial charge in [-0.1, -0.05) is 24.3 Å². The first-order chi connectivity index (χ1) is 14.0. The van der Waals surface area contributed by atoms with Crippen LogP contribution in [0.2, 0.25) is 0 Å². The summed E-state index contributed by atoms with van der Waals surface area (Å²) in [6.07, 6.45) is 3.75. The highest BCUT2D eigenvalue weighted by molar-refractivity contribution is 7.86. The number of nitrogens with two attached hydrogens (primary N) is 2. The molecule has 0 aliphatic heterocycles. The lowest BCUT2D eigenvalue weighted by Crippen LogP contribution is -2.07. The Balaban J connectivity index is 2.25. The minimum absolute atomic E-state index is 0.00591. The van der Waals surface area contributed by atoms with Gasteiger partial charge in [0.25, 0.3) is 20.2 Å². The lowest BCUT2D eigenvalue weighted by molar-refractivity contribution is 0.481. The normalized spacial score (nSPS) is 12.3. The summed E-state index contributed by atoms with van der Waals surface area (Å²) < 4.78 is 66.7. The molecule has 6 N–H and O–H groups in total. The molecule has 3 rings (SSSR count). The van der Waals surface area contributed by atoms with E-state index in [-0.39, 0.29) is 33.8 Å². The van der Waals surface area contributed by atoms with E-state index < -0.39 is 30.0 Å². The summed E-state index contributed by atoms with van der Waals surface area (Å²) in [4.78, 5) is -1.02. The Morgan fingerprint density at radius 3 is 2.13 bits per heavy atom. The maximum absolute atomic E-state index is 12.1. The molecule has 0 amide bonds. The summed E-state index contributed by atoms with van der Waals surface area (Å²) in [7, 11) is -9.39. The summed E-state index contributed by atoms with van der Waals surface area (Å²) >= 11 is 0. The van der Waals surface area contributed by atoms with Gasteiger partial charge in [0.15, 0.2) is 0 Å². The van der Waals surface area contributed by atoms with Crippen LogP contribution in [0, 0.1) is 0 Å². The second-order valence-electron chi connectivity index (χ2n) is 6.03. The van der Waals surface area contributed by atoms with Crippen molar-refractivity contribution < 1.29 is 25.9 Å². The molecule has 0 atom stereocenters. The quantitative estimate of drug-likeness (QED) is 0.249. The third-order valence-electron chi connectivity index (χ3n) is 4.00. The Labute approximate surface area is 171 Å². The van der Waals surface area contributed by atoms with Crippen molar-refractivity contribution in [3.8, 4) is 11.3 Å². The van der Waals surface area contributed by atoms with Crippen LogP contribution in [0.25, 0.3) is 23.4 Å². The zero-order valence-electron chi connectivity index (χ0n) is 15.0. The van der Waals surface area contributed by atoms with Gasteiger partial charge in [-0.2, -0.15) is 16.8 Å². The molecule has 0 saturated heterocycles. The Hall–Kier alpha value is -3.39. The number of nitrogens with zero attached hydrogens (tertiary/aromatic N) is 3. The van der Waals surface area contributed by atoms with Crippen LogP contribution in [-0.2, 0) is 20.2 Å². The number of nitrogen functional groups attached to an aromatic ring is 2. The first-order valence-corrected chi connectivity index (χ1v) is 11.0. The summed E-state index contributed by atoms with van der Waals surface area (Å²) in [5.74, 6) is 0. The average Bonchev–Trinajstić information content (AvgIpc) is 2.66. The van der Waals surface area contributed by atoms with E-state index in [0.29, 0.717) is 0 Å². The SMILES string of the molecule is Nc1ccc(C=Cc2ccc(N)c(-c3ccnnn3)c2S(=O)(=O)O)c(S(=O)(=O)O)c1. The Kier molecular flexibility index (Phi) is 5.54. The van der Waals surface area contributed by atoms with Crippen molar-refractivity contribution in [1.82, 2.24) is 15.4 Å². The van der Waals surface area contributed by atoms with Crippen LogP contribution in [0.4, 0.5) is 11.4 Å². The number of hydrogen-bond acceptors (Lipinski definition) is 9. The highest BCUT2D eigenvalue weighted by Crippen LogP contribution is 2.35. The van der Waals surface area contributed by atoms with Crippen molar-refractivity contribution in [2.24, 2.45) is 0 Å². The molecule has 2 aromatic carbocycles. The monoisotopic (exact) mass is 449 g/mol. The fourth-order valence-electron chi connectivity index (χ4n) is 2.75. The first-order valence-electron chi connectivity index (χ1n) is 8.08. The van der Waals surface area contributed by atoms with E-state index in [9.17, 15) is 25.9 Å². The second kappa shape index (κ2) is 7.79. The summed E-state index contributed by atoms with van der Waals surface area (Å²) in [6.45, 7) is 0. The molecule has 0 saturated carbocycles. The molecule has 1 aromatic heterocycles. The minimum atomic E-state index is -4.79. The van der Waals surface area contributed by atoms with Gasteiger partial charge in [0.1, 0.15) is 9.79 Å². The predicted molar refractivity (Wildman–Crippen MR) is 109 cm³/mol. The molecule has 11 nitrogen and oxygen atoms in total. The highest BCUT2D eigenvalue weighted by Gasteiger charge is 2.24. The third-order valence-corrected chi connectivity index (χ3v) is 5.86. The minimum Gasteiger partial charge on any atom is -0.399 e. The van der Waals surface area contributed by atoms with Gasteiger partial charge >= 0.3 is 0 Å². The van der Waals surface area contributed by atoms with E-state index in [4.69, 9.17) is 11.5 Å². The Bertz CT molecular complexity index is 1360. The number of benzene rings is 2. The molecular formula is C17H15N5O6S2. The van der Waals surface area contributed by atoms with Crippen molar-refractivity contribution in [3.05, 3.63) is 53.7 Å². The van der Waals surface area contributed by atoms with E-state index in [1.165, 1.54) is 48.7 Å². The van der Waals surface area contributed by atoms with Crippen LogP contribution >= 0.6 is 0 Å². The topological polar surface area (TPSA) is 199 Å². The molecule has 30 heavy (non-hydrogen) atoms. The van der Waals surface area contributed by atoms with Crippen LogP contribution < -0.4 is 11.5 Å². The van der Waals surface area contributed by atoms with E-state index in [1.807, 2.05) is 0 Å². The molecule has 0 aliphatic rings. The summed E-state index contributed by atoms with van der Waals surface area (Å²) in [5, 5.41) is 10.7. The Morgan fingerprint density at radius 1 is 0.867 bits per heavy atom. The lowest BCUT2D eigenvalue weighted by atomic mass is 10.0. The summed E-state index contributed by atoms with van der Waals surface area (Å²) in [6, 6.07) is 7.85. The zero-order chi connectivity index (χ0) is 22.1. The Morgan fingerprint density at radius 2 is 1.53 bits per heavy atom. The largest absolute Gasteiger partial charge is 0.399 e. The van der Waals surface area contributed by atoms with Crippen LogP contribution in [0.15, 0.2) is 52.4 Å². The number of rotatable bonds is 5. The van der Waals surface area contributed by atoms with Gasteiger partial charge in [0.2, 0.25) is 0 Å². The van der Waals surface area contributed by atoms with Crippen molar-refractivity contribution in [2.45, 2.75) is 9.79 Å². The number of aromatic nitrogens is 3. The van der Waals surface area contributed by atoms with E-state index in [2.05, 4.69) is 15.4 Å². The van der Waals surface area contributed by atoms with Crippen LogP contribution in [0.3, 0.4) is 0 Å². The summed E-state index contributed by atoms with van der Waals surface area (Å²) in [5.41, 5.74) is 11.6. The van der Waals surface area contributed by atoms with Gasteiger partial charge in [-0.15, -0.1) is 10.2 Å². The van der Waals surface area contributed by atoms with E-state index >= 15 is 0 Å². The molecule has 1 heterocycles. The smallest absolute Gasteiger partial charge is 0.295 e. The predicted octanol–water partition coefficient (Wildman–Crippen LogP) is 1.37. The third kappa shape index (κ3) is 4.44. The lowest BCUT2D eigenvalue weighted by Gasteiger charge is -2.12. The van der Waals surface area contributed by atoms with E-state index in [1.54, 1.807) is 0 Å². The molecule has 3 aromatic rings. The van der Waals surface area contributed by atoms with Gasteiger partial charge in [0, 0.05) is 16.9 Å². The van der Waals surface area contributed by atoms with Crippen molar-refractivity contribution >= 4 is 43.8 Å². The van der Waals surface area contributed by atoms with Gasteiger partial charge in [-0.05, 0) is 40.6 Å². The van der Waals surface area contributed by atoms with Gasteiger partial charge in [-0.25, -0.2) is 0 Å². The molecule has 13 heteroatoms. The van der Waals surface area contributed by atoms with Crippen molar-refractivity contribution in [3.63, 3.8) is 0 Å².